The van der Waals surface area contributed by atoms with E-state index in [0.717, 1.165) is 71.2 Å². The van der Waals surface area contributed by atoms with Crippen LogP contribution in [-0.4, -0.2) is 80.7 Å². The third-order valence-corrected chi connectivity index (χ3v) is 7.81. The Morgan fingerprint density at radius 2 is 2.00 bits per heavy atom. The summed E-state index contributed by atoms with van der Waals surface area (Å²) in [6, 6.07) is 4.92. The molecule has 0 aromatic carbocycles. The molecule has 3 aliphatic rings. The van der Waals surface area contributed by atoms with Crippen molar-refractivity contribution >= 4 is 47.2 Å². The van der Waals surface area contributed by atoms with Gasteiger partial charge in [0.25, 0.3) is 0 Å². The first-order valence-corrected chi connectivity index (χ1v) is 12.7. The predicted molar refractivity (Wildman–Crippen MR) is 141 cm³/mol. The van der Waals surface area contributed by atoms with Crippen LogP contribution in [0.3, 0.4) is 0 Å². The van der Waals surface area contributed by atoms with Gasteiger partial charge in [0.05, 0.1) is 19.3 Å². The Kier molecular flexibility index (Phi) is 10.5. The Labute approximate surface area is 213 Å². The normalized spacial score (nSPS) is 24.1. The first-order chi connectivity index (χ1) is 15.2. The lowest BCUT2D eigenvalue weighted by Gasteiger charge is -2.34. The van der Waals surface area contributed by atoms with Crippen LogP contribution in [0.15, 0.2) is 22.5 Å². The third kappa shape index (κ3) is 6.80. The van der Waals surface area contributed by atoms with Crippen LogP contribution in [-0.2, 0) is 9.53 Å². The smallest absolute Gasteiger partial charge is 0.225 e. The van der Waals surface area contributed by atoms with Crippen molar-refractivity contribution in [2.45, 2.75) is 50.6 Å². The molecule has 3 heterocycles. The number of nitrogens with one attached hydrogen (secondary N) is 2. The van der Waals surface area contributed by atoms with Crippen LogP contribution in [0.1, 0.15) is 49.4 Å². The van der Waals surface area contributed by atoms with Crippen LogP contribution in [0, 0.1) is 5.92 Å². The molecule has 3 fully saturated rings. The second-order valence-corrected chi connectivity index (χ2v) is 9.86. The van der Waals surface area contributed by atoms with Crippen molar-refractivity contribution in [3.63, 3.8) is 0 Å². The van der Waals surface area contributed by atoms with Gasteiger partial charge in [-0.25, -0.2) is 0 Å². The molecule has 32 heavy (non-hydrogen) atoms. The van der Waals surface area contributed by atoms with E-state index in [2.05, 4.69) is 42.9 Å². The number of hydrogen-bond donors (Lipinski definition) is 2. The number of guanidine groups is 1. The molecule has 0 bridgehead atoms. The molecular formula is C23H38IN5O2S. The Morgan fingerprint density at radius 1 is 1.22 bits per heavy atom. The van der Waals surface area contributed by atoms with E-state index in [1.807, 2.05) is 7.05 Å². The molecule has 4 rings (SSSR count). The Morgan fingerprint density at radius 3 is 2.69 bits per heavy atom. The molecule has 1 aromatic rings. The molecule has 2 N–H and O–H groups in total. The quantitative estimate of drug-likeness (QED) is 0.310. The van der Waals surface area contributed by atoms with Crippen LogP contribution in [0.2, 0.25) is 0 Å². The molecule has 1 amide bonds. The van der Waals surface area contributed by atoms with Crippen molar-refractivity contribution in [1.29, 1.82) is 0 Å². The van der Waals surface area contributed by atoms with Crippen LogP contribution >= 0.6 is 35.3 Å². The number of carbonyl (C=O) groups excluding carboxylic acids is 1. The highest BCUT2D eigenvalue weighted by Gasteiger charge is 2.32. The van der Waals surface area contributed by atoms with Gasteiger partial charge in [0.1, 0.15) is 0 Å². The second-order valence-electron chi connectivity index (χ2n) is 8.88. The SMILES string of the molecule is CN=C(NCC(c1cccs1)N1CCOCC1)NC1CCN(C(=O)C2CCCCC2)C1.I. The van der Waals surface area contributed by atoms with Gasteiger partial charge < -0.3 is 20.3 Å². The van der Waals surface area contributed by atoms with Gasteiger partial charge in [0.15, 0.2) is 5.96 Å². The minimum Gasteiger partial charge on any atom is -0.379 e. The van der Waals surface area contributed by atoms with Gasteiger partial charge in [-0.05, 0) is 30.7 Å². The summed E-state index contributed by atoms with van der Waals surface area (Å²) in [6.07, 6.45) is 6.82. The maximum absolute atomic E-state index is 12.9. The van der Waals surface area contributed by atoms with Crippen molar-refractivity contribution in [2.75, 3.05) is 53.0 Å². The summed E-state index contributed by atoms with van der Waals surface area (Å²) >= 11 is 1.81. The first-order valence-electron chi connectivity index (χ1n) is 11.9. The number of carbonyl (C=O) groups is 1. The summed E-state index contributed by atoms with van der Waals surface area (Å²) in [7, 11) is 1.82. The van der Waals surface area contributed by atoms with Crippen molar-refractivity contribution in [3.05, 3.63) is 22.4 Å². The number of halogens is 1. The van der Waals surface area contributed by atoms with E-state index in [1.54, 1.807) is 11.3 Å². The molecule has 1 saturated carbocycles. The van der Waals surface area contributed by atoms with Gasteiger partial charge in [-0.3, -0.25) is 14.7 Å². The van der Waals surface area contributed by atoms with E-state index < -0.39 is 0 Å². The number of thiophene rings is 1. The standard InChI is InChI=1S/C23H37N5O2S.HI/c1-24-23(25-16-20(21-8-5-15-31-21)27-11-13-30-14-12-27)26-19-9-10-28(17-19)22(29)18-6-3-2-4-7-18;/h5,8,15,18-20H,2-4,6-7,9-14,16-17H2,1H3,(H2,24,25,26);1H. The molecule has 2 saturated heterocycles. The number of nitrogens with zero attached hydrogens (tertiary/aromatic N) is 3. The van der Waals surface area contributed by atoms with Crippen molar-refractivity contribution < 1.29 is 9.53 Å². The van der Waals surface area contributed by atoms with E-state index in [9.17, 15) is 4.79 Å². The highest BCUT2D eigenvalue weighted by Crippen LogP contribution is 2.27. The summed E-state index contributed by atoms with van der Waals surface area (Å²) in [6.45, 7) is 5.94. The van der Waals surface area contributed by atoms with Gasteiger partial charge in [0, 0.05) is 56.6 Å². The zero-order chi connectivity index (χ0) is 21.5. The van der Waals surface area contributed by atoms with Crippen molar-refractivity contribution in [1.82, 2.24) is 20.4 Å². The lowest BCUT2D eigenvalue weighted by molar-refractivity contribution is -0.135. The van der Waals surface area contributed by atoms with Crippen molar-refractivity contribution in [3.8, 4) is 0 Å². The molecule has 0 radical (unpaired) electrons. The average Bonchev–Trinajstić information content (AvgIpc) is 3.52. The van der Waals surface area contributed by atoms with Gasteiger partial charge in [0.2, 0.25) is 5.91 Å². The van der Waals surface area contributed by atoms with Crippen LogP contribution in [0.4, 0.5) is 0 Å². The topological polar surface area (TPSA) is 69.2 Å². The number of amides is 1. The monoisotopic (exact) mass is 575 g/mol. The number of aliphatic imine (C=N–C) groups is 1. The number of morpholine rings is 1. The third-order valence-electron chi connectivity index (χ3n) is 6.84. The number of likely N-dealkylation sites (tertiary alicyclic amines) is 1. The van der Waals surface area contributed by atoms with E-state index >= 15 is 0 Å². The van der Waals surface area contributed by atoms with E-state index in [4.69, 9.17) is 4.74 Å². The van der Waals surface area contributed by atoms with Gasteiger partial charge >= 0.3 is 0 Å². The highest BCUT2D eigenvalue weighted by atomic mass is 127. The summed E-state index contributed by atoms with van der Waals surface area (Å²) in [5, 5.41) is 9.26. The summed E-state index contributed by atoms with van der Waals surface area (Å²) in [5.74, 6) is 1.45. The number of ether oxygens (including phenoxy) is 1. The zero-order valence-electron chi connectivity index (χ0n) is 19.1. The molecule has 180 valence electrons. The van der Waals surface area contributed by atoms with E-state index in [1.165, 1.54) is 24.1 Å². The minimum absolute atomic E-state index is 0. The molecule has 2 atom stereocenters. The van der Waals surface area contributed by atoms with Gasteiger partial charge in [-0.15, -0.1) is 35.3 Å². The lowest BCUT2D eigenvalue weighted by atomic mass is 9.88. The molecule has 1 aliphatic carbocycles. The number of rotatable bonds is 6. The Balaban J connectivity index is 0.00000289. The molecule has 0 spiro atoms. The fourth-order valence-electron chi connectivity index (χ4n) is 5.05. The summed E-state index contributed by atoms with van der Waals surface area (Å²) < 4.78 is 5.55. The maximum Gasteiger partial charge on any atom is 0.225 e. The highest BCUT2D eigenvalue weighted by molar-refractivity contribution is 14.0. The van der Waals surface area contributed by atoms with Gasteiger partial charge in [-0.1, -0.05) is 25.3 Å². The van der Waals surface area contributed by atoms with Crippen LogP contribution in [0.5, 0.6) is 0 Å². The fraction of sp³-hybridized carbons (Fsp3) is 0.739. The maximum atomic E-state index is 12.9. The summed E-state index contributed by atoms with van der Waals surface area (Å²) in [4.78, 5) is 23.3. The van der Waals surface area contributed by atoms with Crippen molar-refractivity contribution in [2.24, 2.45) is 10.9 Å². The van der Waals surface area contributed by atoms with Crippen LogP contribution in [0.25, 0.3) is 0 Å². The molecule has 2 aliphatic heterocycles. The molecular weight excluding hydrogens is 537 g/mol. The largest absolute Gasteiger partial charge is 0.379 e. The average molecular weight is 576 g/mol. The van der Waals surface area contributed by atoms with Crippen LogP contribution < -0.4 is 10.6 Å². The second kappa shape index (κ2) is 13.1. The zero-order valence-corrected chi connectivity index (χ0v) is 22.3. The molecule has 9 heteroatoms. The Hall–Kier alpha value is -0.910. The molecule has 1 aromatic heterocycles. The minimum atomic E-state index is 0. The van der Waals surface area contributed by atoms with E-state index in [-0.39, 0.29) is 35.9 Å². The Bertz CT molecular complexity index is 720. The number of hydrogen-bond acceptors (Lipinski definition) is 5. The molecule has 7 nitrogen and oxygen atoms in total. The first kappa shape index (κ1) is 25.7. The fourth-order valence-corrected chi connectivity index (χ4v) is 5.91. The van der Waals surface area contributed by atoms with E-state index in [0.29, 0.717) is 11.9 Å². The molecule has 2 unspecified atom stereocenters. The van der Waals surface area contributed by atoms with Gasteiger partial charge in [-0.2, -0.15) is 0 Å². The lowest BCUT2D eigenvalue weighted by Crippen LogP contribution is -2.49. The predicted octanol–water partition coefficient (Wildman–Crippen LogP) is 3.09. The summed E-state index contributed by atoms with van der Waals surface area (Å²) in [5.41, 5.74) is 0.